The number of methoxy groups -OCH3 is 4. The molecule has 3 aliphatic rings. The molecule has 0 radical (unpaired) electrons. The van der Waals surface area contributed by atoms with E-state index in [1.54, 1.807) is 102 Å². The molecule has 18 nitrogen and oxygen atoms in total. The monoisotopic (exact) mass is 1100 g/mol. The maximum atomic E-state index is 15.9. The van der Waals surface area contributed by atoms with E-state index in [4.69, 9.17) is 28.4 Å². The van der Waals surface area contributed by atoms with Crippen LogP contribution in [0.3, 0.4) is 0 Å². The lowest BCUT2D eigenvalue weighted by atomic mass is 9.78. The highest BCUT2D eigenvalue weighted by Gasteiger charge is 2.53. The van der Waals surface area contributed by atoms with Gasteiger partial charge >= 0.3 is 12.2 Å². The van der Waals surface area contributed by atoms with Crippen molar-refractivity contribution in [1.82, 2.24) is 25.3 Å². The van der Waals surface area contributed by atoms with Crippen molar-refractivity contribution in [3.05, 3.63) is 154 Å². The molecular formula is C62H75N5O13. The van der Waals surface area contributed by atoms with Crippen LogP contribution < -0.4 is 29.6 Å². The van der Waals surface area contributed by atoms with Crippen LogP contribution in [-0.2, 0) is 20.7 Å². The molecular weight excluding hydrogens is 1020 g/mol. The van der Waals surface area contributed by atoms with E-state index < -0.39 is 59.5 Å². The first kappa shape index (κ1) is 58.3. The van der Waals surface area contributed by atoms with Crippen LogP contribution in [0, 0.1) is 0 Å². The van der Waals surface area contributed by atoms with Crippen LogP contribution in [-0.4, -0.2) is 147 Å². The number of ether oxygens (including phenoxy) is 6. The first-order valence-electron chi connectivity index (χ1n) is 27.7. The predicted molar refractivity (Wildman–Crippen MR) is 299 cm³/mol. The average molecular weight is 1100 g/mol. The van der Waals surface area contributed by atoms with Crippen molar-refractivity contribution in [3.63, 3.8) is 0 Å². The molecule has 3 fully saturated rings. The molecule has 5 aromatic carbocycles. The van der Waals surface area contributed by atoms with Crippen LogP contribution in [0.1, 0.15) is 125 Å². The molecule has 4 atom stereocenters. The third-order valence-corrected chi connectivity index (χ3v) is 15.6. The minimum Gasteiger partial charge on any atom is -0.497 e. The van der Waals surface area contributed by atoms with E-state index in [1.165, 1.54) is 56.4 Å². The van der Waals surface area contributed by atoms with Gasteiger partial charge in [0, 0.05) is 55.7 Å². The summed E-state index contributed by atoms with van der Waals surface area (Å²) in [6.45, 7) is 5.35. The van der Waals surface area contributed by atoms with Gasteiger partial charge in [-0.1, -0.05) is 75.2 Å². The molecule has 18 heteroatoms. The van der Waals surface area contributed by atoms with Gasteiger partial charge in [0.05, 0.1) is 53.6 Å². The number of unbranched alkanes of at least 4 members (excludes halogenated alkanes) is 2. The van der Waals surface area contributed by atoms with Crippen LogP contribution in [0.5, 0.6) is 23.0 Å². The van der Waals surface area contributed by atoms with Crippen molar-refractivity contribution >= 4 is 29.9 Å². The fourth-order valence-corrected chi connectivity index (χ4v) is 11.2. The fourth-order valence-electron chi connectivity index (χ4n) is 11.2. The molecule has 8 rings (SSSR count). The van der Waals surface area contributed by atoms with Gasteiger partial charge in [-0.05, 0) is 121 Å². The molecule has 3 saturated heterocycles. The molecule has 0 aliphatic carbocycles. The van der Waals surface area contributed by atoms with E-state index in [-0.39, 0.29) is 48.5 Å². The number of aliphatic hydroxyl groups is 2. The zero-order chi connectivity index (χ0) is 57.0. The Morgan fingerprint density at radius 1 is 0.487 bits per heavy atom. The molecule has 80 heavy (non-hydrogen) atoms. The lowest BCUT2D eigenvalue weighted by molar-refractivity contribution is -0.00158. The van der Waals surface area contributed by atoms with Crippen molar-refractivity contribution in [2.75, 3.05) is 67.7 Å². The second kappa shape index (κ2) is 26.4. The summed E-state index contributed by atoms with van der Waals surface area (Å²) in [5, 5.41) is 32.7. The van der Waals surface area contributed by atoms with Crippen LogP contribution in [0.2, 0.25) is 0 Å². The quantitative estimate of drug-likeness (QED) is 0.0509. The first-order chi connectivity index (χ1) is 38.7. The summed E-state index contributed by atoms with van der Waals surface area (Å²) in [4.78, 5) is 77.9. The van der Waals surface area contributed by atoms with E-state index >= 15 is 9.59 Å². The predicted octanol–water partition coefficient (Wildman–Crippen LogP) is 8.44. The van der Waals surface area contributed by atoms with Gasteiger partial charge in [0.1, 0.15) is 46.4 Å². The molecule has 0 saturated carbocycles. The van der Waals surface area contributed by atoms with Crippen molar-refractivity contribution < 1.29 is 62.6 Å². The number of hydrogen-bond acceptors (Lipinski definition) is 13. The third-order valence-electron chi connectivity index (χ3n) is 15.6. The minimum absolute atomic E-state index is 0.0160. The highest BCUT2D eigenvalue weighted by molar-refractivity contribution is 6.05. The maximum absolute atomic E-state index is 15.9. The standard InChI is InChI=1S/C62H75N5O13/c1-7-9-30-63-59(71)79-52-37-54(61(73,44-14-22-48(75-3)23-15-44)45-16-24-49(76-4)25-17-45)66(39-52)57(69)42-34-41(56(68)65-32-12-11-13-33-65)35-43(36-42)58(70)67-40-53(80-60(72)64-31-10-8-2)38-55(67)62(74,46-18-26-50(77-5)27-19-46)47-20-28-51(78-6)29-21-47/h14-29,34-36,52-55,73-74H,7-13,30-33,37-40H2,1-6H3,(H,63,71)(H,64,72)/t52-,53-,54+,55+/m1/s1. The molecule has 3 aliphatic heterocycles. The topological polar surface area (TPSA) is 215 Å². The number of benzene rings is 5. The second-order valence-electron chi connectivity index (χ2n) is 20.6. The van der Waals surface area contributed by atoms with Gasteiger partial charge in [-0.15, -0.1) is 0 Å². The zero-order valence-electron chi connectivity index (χ0n) is 46.6. The molecule has 5 amide bonds. The van der Waals surface area contributed by atoms with Crippen molar-refractivity contribution in [2.45, 2.75) is 107 Å². The fraction of sp³-hybridized carbons (Fsp3) is 0.435. The summed E-state index contributed by atoms with van der Waals surface area (Å²) in [5.41, 5.74) is -2.34. The maximum Gasteiger partial charge on any atom is 0.407 e. The van der Waals surface area contributed by atoms with Gasteiger partial charge in [-0.25, -0.2) is 9.59 Å². The lowest BCUT2D eigenvalue weighted by Crippen LogP contribution is -2.51. The SMILES string of the molecule is CCCCNC(=O)O[C@@H]1C[C@@H](C(O)(c2ccc(OC)cc2)c2ccc(OC)cc2)N(C(=O)c2cc(C(=O)N3CCCCC3)cc(C(=O)N3C[C@H](OC(=O)NCCCC)C[C@H]3C(O)(c3ccc(OC)cc3)c3ccc(OC)cc3)c2)C1. The van der Waals surface area contributed by atoms with Gasteiger partial charge in [0.25, 0.3) is 17.7 Å². The molecule has 5 aromatic rings. The molecule has 426 valence electrons. The second-order valence-corrected chi connectivity index (χ2v) is 20.6. The number of hydrogen-bond donors (Lipinski definition) is 4. The number of carbonyl (C=O) groups is 5. The summed E-state index contributed by atoms with van der Waals surface area (Å²) in [6, 6.07) is 29.5. The third kappa shape index (κ3) is 12.8. The Balaban J connectivity index is 1.27. The van der Waals surface area contributed by atoms with Crippen LogP contribution in [0.15, 0.2) is 115 Å². The van der Waals surface area contributed by atoms with Crippen molar-refractivity contribution in [2.24, 2.45) is 0 Å². The smallest absolute Gasteiger partial charge is 0.407 e. The molecule has 4 N–H and O–H groups in total. The Morgan fingerprint density at radius 3 is 1.10 bits per heavy atom. The van der Waals surface area contributed by atoms with Crippen molar-refractivity contribution in [3.8, 4) is 23.0 Å². The van der Waals surface area contributed by atoms with Gasteiger partial charge in [-0.3, -0.25) is 14.4 Å². The Hall–Kier alpha value is -7.83. The van der Waals surface area contributed by atoms with Crippen LogP contribution in [0.25, 0.3) is 0 Å². The van der Waals surface area contributed by atoms with E-state index in [1.807, 2.05) is 13.8 Å². The van der Waals surface area contributed by atoms with E-state index in [2.05, 4.69) is 10.6 Å². The van der Waals surface area contributed by atoms with Crippen molar-refractivity contribution in [1.29, 1.82) is 0 Å². The van der Waals surface area contributed by atoms with E-state index in [0.717, 1.165) is 44.9 Å². The number of rotatable bonds is 21. The summed E-state index contributed by atoms with van der Waals surface area (Å²) in [7, 11) is 6.13. The van der Waals surface area contributed by atoms with E-state index in [0.29, 0.717) is 71.4 Å². The zero-order valence-corrected chi connectivity index (χ0v) is 46.6. The van der Waals surface area contributed by atoms with E-state index in [9.17, 15) is 24.6 Å². The van der Waals surface area contributed by atoms with Gasteiger partial charge in [-0.2, -0.15) is 0 Å². The Bertz CT molecular complexity index is 2640. The largest absolute Gasteiger partial charge is 0.497 e. The number of likely N-dealkylation sites (tertiary alicyclic amines) is 3. The number of piperidine rings is 1. The molecule has 0 unspecified atom stereocenters. The number of alkyl carbamates (subject to hydrolysis) is 2. The lowest BCUT2D eigenvalue weighted by Gasteiger charge is -2.40. The average Bonchev–Trinajstić information content (AvgIpc) is 4.33. The number of nitrogens with one attached hydrogen (secondary N) is 2. The summed E-state index contributed by atoms with van der Waals surface area (Å²) < 4.78 is 34.0. The van der Waals surface area contributed by atoms with Gasteiger partial charge in [0.15, 0.2) is 0 Å². The summed E-state index contributed by atoms with van der Waals surface area (Å²) >= 11 is 0. The van der Waals surface area contributed by atoms with Crippen LogP contribution >= 0.6 is 0 Å². The van der Waals surface area contributed by atoms with Gasteiger partial charge in [0.2, 0.25) is 0 Å². The molecule has 0 bridgehead atoms. The van der Waals surface area contributed by atoms with Crippen LogP contribution in [0.4, 0.5) is 9.59 Å². The summed E-state index contributed by atoms with van der Waals surface area (Å²) in [6.07, 6.45) is 2.38. The highest BCUT2D eigenvalue weighted by Crippen LogP contribution is 2.45. The van der Waals surface area contributed by atoms with Gasteiger partial charge < -0.3 is 64.0 Å². The Morgan fingerprint density at radius 2 is 0.800 bits per heavy atom. The Labute approximate surface area is 468 Å². The minimum atomic E-state index is -1.96. The number of carbonyl (C=O) groups excluding carboxylic acids is 5. The molecule has 3 heterocycles. The highest BCUT2D eigenvalue weighted by atomic mass is 16.6. The number of amides is 5. The first-order valence-corrected chi connectivity index (χ1v) is 27.7. The normalized spacial score (nSPS) is 18.3. The Kier molecular flexibility index (Phi) is 19.3. The number of nitrogens with zero attached hydrogens (tertiary/aromatic N) is 3. The molecule has 0 aromatic heterocycles. The molecule has 0 spiro atoms. The summed E-state index contributed by atoms with van der Waals surface area (Å²) in [5.74, 6) is 0.409.